The van der Waals surface area contributed by atoms with Crippen molar-refractivity contribution in [3.8, 4) is 0 Å². The molecule has 106 valence electrons. The van der Waals surface area contributed by atoms with Gasteiger partial charge in [-0.05, 0) is 50.0 Å². The van der Waals surface area contributed by atoms with Gasteiger partial charge in [-0.25, -0.2) is 0 Å². The molecule has 2 rings (SSSR count). The van der Waals surface area contributed by atoms with Crippen LogP contribution < -0.4 is 0 Å². The number of aromatic nitrogens is 2. The van der Waals surface area contributed by atoms with Gasteiger partial charge in [0.15, 0.2) is 0 Å². The van der Waals surface area contributed by atoms with Crippen molar-refractivity contribution in [1.29, 1.82) is 0 Å². The first-order valence-electron chi connectivity index (χ1n) is 7.54. The summed E-state index contributed by atoms with van der Waals surface area (Å²) in [7, 11) is 0. The summed E-state index contributed by atoms with van der Waals surface area (Å²) in [6.07, 6.45) is 3.92. The van der Waals surface area contributed by atoms with E-state index in [9.17, 15) is 5.11 Å². The summed E-state index contributed by atoms with van der Waals surface area (Å²) >= 11 is 0. The van der Waals surface area contributed by atoms with Crippen LogP contribution in [0, 0.1) is 24.7 Å². The summed E-state index contributed by atoms with van der Waals surface area (Å²) in [4.78, 5) is 0. The Morgan fingerprint density at radius 3 is 2.63 bits per heavy atom. The summed E-state index contributed by atoms with van der Waals surface area (Å²) in [6.45, 7) is 8.64. The molecule has 1 aliphatic carbocycles. The lowest BCUT2D eigenvalue weighted by atomic mass is 9.72. The lowest BCUT2D eigenvalue weighted by Crippen LogP contribution is -2.26. The molecule has 0 spiro atoms. The highest BCUT2D eigenvalue weighted by Gasteiger charge is 2.31. The van der Waals surface area contributed by atoms with Crippen molar-refractivity contribution < 1.29 is 5.11 Å². The van der Waals surface area contributed by atoms with Gasteiger partial charge in [0.25, 0.3) is 0 Å². The molecule has 0 aliphatic heterocycles. The van der Waals surface area contributed by atoms with Gasteiger partial charge < -0.3 is 5.11 Å². The summed E-state index contributed by atoms with van der Waals surface area (Å²) < 4.78 is 0. The van der Waals surface area contributed by atoms with Gasteiger partial charge >= 0.3 is 0 Å². The summed E-state index contributed by atoms with van der Waals surface area (Å²) in [5.41, 5.74) is 2.84. The molecule has 3 heteroatoms. The van der Waals surface area contributed by atoms with E-state index in [0.717, 1.165) is 42.1 Å². The van der Waals surface area contributed by atoms with E-state index in [1.807, 2.05) is 13.0 Å². The maximum absolute atomic E-state index is 10.7. The molecule has 4 unspecified atom stereocenters. The largest absolute Gasteiger partial charge is 0.388 e. The Hall–Kier alpha value is -0.960. The third-order valence-corrected chi connectivity index (χ3v) is 4.76. The lowest BCUT2D eigenvalue weighted by molar-refractivity contribution is 0.0550. The smallest absolute Gasteiger partial charge is 0.0837 e. The van der Waals surface area contributed by atoms with E-state index in [4.69, 9.17) is 0 Å². The molecule has 0 saturated heterocycles. The fourth-order valence-corrected chi connectivity index (χ4v) is 3.19. The molecule has 1 N–H and O–H groups in total. The second kappa shape index (κ2) is 6.00. The molecular weight excluding hydrogens is 236 g/mol. The standard InChI is InChI=1S/C16H26N2O/c1-5-15-14(9-12(4)17-18-15)16(19)13-7-6-10(2)11(3)8-13/h9-11,13,16,19H,5-8H2,1-4H3. The summed E-state index contributed by atoms with van der Waals surface area (Å²) in [5, 5.41) is 19.1. The van der Waals surface area contributed by atoms with Crippen molar-refractivity contribution in [3.05, 3.63) is 23.0 Å². The average Bonchev–Trinajstić information content (AvgIpc) is 2.41. The molecule has 19 heavy (non-hydrogen) atoms. The number of nitrogens with zero attached hydrogens (tertiary/aromatic N) is 2. The number of aliphatic hydroxyl groups excluding tert-OH is 1. The first-order valence-corrected chi connectivity index (χ1v) is 7.54. The van der Waals surface area contributed by atoms with Crippen molar-refractivity contribution in [2.45, 2.75) is 59.5 Å². The van der Waals surface area contributed by atoms with Gasteiger partial charge in [-0.2, -0.15) is 10.2 Å². The molecule has 0 amide bonds. The minimum Gasteiger partial charge on any atom is -0.388 e. The predicted octanol–water partition coefficient (Wildman–Crippen LogP) is 3.45. The van der Waals surface area contributed by atoms with Crippen LogP contribution in [0.3, 0.4) is 0 Å². The lowest BCUT2D eigenvalue weighted by Gasteiger charge is -2.35. The highest BCUT2D eigenvalue weighted by Crippen LogP contribution is 2.40. The fourth-order valence-electron chi connectivity index (χ4n) is 3.19. The van der Waals surface area contributed by atoms with Crippen molar-refractivity contribution in [1.82, 2.24) is 10.2 Å². The molecule has 1 aromatic heterocycles. The zero-order chi connectivity index (χ0) is 14.0. The normalized spacial score (nSPS) is 29.2. The van der Waals surface area contributed by atoms with Crippen molar-refractivity contribution in [3.63, 3.8) is 0 Å². The van der Waals surface area contributed by atoms with Crippen molar-refractivity contribution >= 4 is 0 Å². The first-order chi connectivity index (χ1) is 9.02. The fraction of sp³-hybridized carbons (Fsp3) is 0.750. The number of hydrogen-bond donors (Lipinski definition) is 1. The number of aliphatic hydroxyl groups is 1. The second-order valence-corrected chi connectivity index (χ2v) is 6.21. The van der Waals surface area contributed by atoms with Crippen LogP contribution >= 0.6 is 0 Å². The van der Waals surface area contributed by atoms with Crippen LogP contribution in [-0.2, 0) is 6.42 Å². The molecule has 1 fully saturated rings. The highest BCUT2D eigenvalue weighted by atomic mass is 16.3. The van der Waals surface area contributed by atoms with Crippen LogP contribution in [0.4, 0.5) is 0 Å². The average molecular weight is 262 g/mol. The van der Waals surface area contributed by atoms with Gasteiger partial charge in [-0.3, -0.25) is 0 Å². The molecule has 1 saturated carbocycles. The van der Waals surface area contributed by atoms with Crippen molar-refractivity contribution in [2.24, 2.45) is 17.8 Å². The Bertz CT molecular complexity index is 433. The molecule has 0 radical (unpaired) electrons. The van der Waals surface area contributed by atoms with Gasteiger partial charge in [0.2, 0.25) is 0 Å². The van der Waals surface area contributed by atoms with E-state index in [-0.39, 0.29) is 6.10 Å². The molecule has 0 bridgehead atoms. The quantitative estimate of drug-likeness (QED) is 0.907. The van der Waals surface area contributed by atoms with E-state index in [1.54, 1.807) is 0 Å². The molecule has 1 heterocycles. The molecule has 0 aromatic carbocycles. The van der Waals surface area contributed by atoms with Crippen LogP contribution in [0.5, 0.6) is 0 Å². The van der Waals surface area contributed by atoms with Crippen LogP contribution in [-0.4, -0.2) is 15.3 Å². The minimum absolute atomic E-state index is 0.375. The third kappa shape index (κ3) is 3.14. The predicted molar refractivity (Wildman–Crippen MR) is 76.8 cm³/mol. The monoisotopic (exact) mass is 262 g/mol. The number of hydrogen-bond acceptors (Lipinski definition) is 3. The van der Waals surface area contributed by atoms with E-state index >= 15 is 0 Å². The molecular formula is C16H26N2O. The van der Waals surface area contributed by atoms with Crippen LogP contribution in [0.15, 0.2) is 6.07 Å². The van der Waals surface area contributed by atoms with Crippen LogP contribution in [0.2, 0.25) is 0 Å². The topological polar surface area (TPSA) is 46.0 Å². The van der Waals surface area contributed by atoms with Crippen LogP contribution in [0.25, 0.3) is 0 Å². The molecule has 4 atom stereocenters. The Morgan fingerprint density at radius 1 is 1.26 bits per heavy atom. The highest BCUT2D eigenvalue weighted by molar-refractivity contribution is 5.24. The Morgan fingerprint density at radius 2 is 2.00 bits per heavy atom. The zero-order valence-corrected chi connectivity index (χ0v) is 12.6. The third-order valence-electron chi connectivity index (χ3n) is 4.76. The van der Waals surface area contributed by atoms with Crippen LogP contribution in [0.1, 0.15) is 63.1 Å². The van der Waals surface area contributed by atoms with Gasteiger partial charge in [0, 0.05) is 5.56 Å². The summed E-state index contributed by atoms with van der Waals surface area (Å²) in [6, 6.07) is 2.01. The minimum atomic E-state index is -0.376. The van der Waals surface area contributed by atoms with E-state index in [2.05, 4.69) is 31.0 Å². The van der Waals surface area contributed by atoms with E-state index < -0.39 is 0 Å². The first kappa shape index (κ1) is 14.4. The Kier molecular flexibility index (Phi) is 4.56. The second-order valence-electron chi connectivity index (χ2n) is 6.21. The number of aryl methyl sites for hydroxylation is 2. The van der Waals surface area contributed by atoms with Gasteiger partial charge in [0.05, 0.1) is 17.5 Å². The van der Waals surface area contributed by atoms with Crippen molar-refractivity contribution in [2.75, 3.05) is 0 Å². The maximum atomic E-state index is 10.7. The molecule has 1 aromatic rings. The van der Waals surface area contributed by atoms with E-state index in [0.29, 0.717) is 11.8 Å². The van der Waals surface area contributed by atoms with Gasteiger partial charge in [-0.15, -0.1) is 0 Å². The SMILES string of the molecule is CCc1nnc(C)cc1C(O)C1CCC(C)C(C)C1. The molecule has 1 aliphatic rings. The zero-order valence-electron chi connectivity index (χ0n) is 12.6. The Balaban J connectivity index is 2.19. The number of rotatable bonds is 3. The summed E-state index contributed by atoms with van der Waals surface area (Å²) in [5.74, 6) is 1.86. The Labute approximate surface area is 116 Å². The van der Waals surface area contributed by atoms with Gasteiger partial charge in [0.1, 0.15) is 0 Å². The van der Waals surface area contributed by atoms with Gasteiger partial charge in [-0.1, -0.05) is 27.2 Å². The maximum Gasteiger partial charge on any atom is 0.0837 e. The molecule has 3 nitrogen and oxygen atoms in total. The van der Waals surface area contributed by atoms with E-state index in [1.165, 1.54) is 6.42 Å².